The number of fused-ring (bicyclic) bond motifs is 2. The van der Waals surface area contributed by atoms with Gasteiger partial charge in [-0.15, -0.1) is 0 Å². The molecule has 4 heterocycles. The fourth-order valence-corrected chi connectivity index (χ4v) is 4.38. The molecule has 0 radical (unpaired) electrons. The maximum absolute atomic E-state index is 12.6. The summed E-state index contributed by atoms with van der Waals surface area (Å²) >= 11 is 0. The van der Waals surface area contributed by atoms with E-state index in [1.807, 2.05) is 24.0 Å². The average molecular weight is 382 g/mol. The van der Waals surface area contributed by atoms with E-state index < -0.39 is 0 Å². The third-order valence-electron chi connectivity index (χ3n) is 6.21. The van der Waals surface area contributed by atoms with Gasteiger partial charge in [0.05, 0.1) is 37.1 Å². The summed E-state index contributed by atoms with van der Waals surface area (Å²) < 4.78 is 11.3. The van der Waals surface area contributed by atoms with Crippen molar-refractivity contribution in [2.45, 2.75) is 51.2 Å². The molecule has 1 saturated carbocycles. The summed E-state index contributed by atoms with van der Waals surface area (Å²) in [6, 6.07) is 3.79. The molecule has 1 aliphatic carbocycles. The summed E-state index contributed by atoms with van der Waals surface area (Å²) in [4.78, 5) is 24.2. The van der Waals surface area contributed by atoms with Gasteiger partial charge in [-0.2, -0.15) is 0 Å². The van der Waals surface area contributed by atoms with Crippen molar-refractivity contribution in [1.82, 2.24) is 14.9 Å². The zero-order valence-corrected chi connectivity index (χ0v) is 16.2. The number of nitrogens with zero attached hydrogens (tertiary/aromatic N) is 3. The second-order valence-corrected chi connectivity index (χ2v) is 8.38. The number of aryl methyl sites for hydroxylation is 1. The first-order valence-electron chi connectivity index (χ1n) is 10.1. The molecule has 1 atom stereocenters. The first kappa shape index (κ1) is 17.7. The average Bonchev–Trinajstić information content (AvgIpc) is 3.18. The van der Waals surface area contributed by atoms with Crippen molar-refractivity contribution in [3.05, 3.63) is 41.1 Å². The molecule has 1 spiro atoms. The molecule has 1 saturated heterocycles. The fourth-order valence-electron chi connectivity index (χ4n) is 4.38. The van der Waals surface area contributed by atoms with Crippen LogP contribution in [0.1, 0.15) is 48.4 Å². The van der Waals surface area contributed by atoms with Gasteiger partial charge in [-0.05, 0) is 44.2 Å². The van der Waals surface area contributed by atoms with Crippen molar-refractivity contribution in [1.29, 1.82) is 0 Å². The number of aromatic nitrogens is 2. The number of nitrogens with one attached hydrogen (secondary N) is 1. The highest BCUT2D eigenvalue weighted by Gasteiger charge is 2.47. The highest BCUT2D eigenvalue weighted by Crippen LogP contribution is 2.41. The lowest BCUT2D eigenvalue weighted by molar-refractivity contribution is -0.130. The van der Waals surface area contributed by atoms with Crippen LogP contribution in [0, 0.1) is 12.8 Å². The lowest BCUT2D eigenvalue weighted by atomic mass is 9.80. The van der Waals surface area contributed by atoms with E-state index in [1.54, 1.807) is 6.26 Å². The van der Waals surface area contributed by atoms with Gasteiger partial charge in [-0.1, -0.05) is 0 Å². The predicted octanol–water partition coefficient (Wildman–Crippen LogP) is 2.79. The number of amides is 1. The topological polar surface area (TPSA) is 80.5 Å². The molecule has 0 aromatic carbocycles. The van der Waals surface area contributed by atoms with Crippen LogP contribution in [-0.2, 0) is 28.1 Å². The number of likely N-dealkylation sites (tertiary alicyclic amines) is 1. The lowest BCUT2D eigenvalue weighted by Gasteiger charge is -2.35. The third kappa shape index (κ3) is 3.28. The molecule has 2 aromatic heterocycles. The largest absolute Gasteiger partial charge is 0.467 e. The minimum absolute atomic E-state index is 0.221. The van der Waals surface area contributed by atoms with Gasteiger partial charge in [0.2, 0.25) is 11.9 Å². The zero-order chi connectivity index (χ0) is 19.1. The molecule has 5 rings (SSSR count). The van der Waals surface area contributed by atoms with Gasteiger partial charge < -0.3 is 19.4 Å². The van der Waals surface area contributed by atoms with Crippen LogP contribution in [-0.4, -0.2) is 40.5 Å². The van der Waals surface area contributed by atoms with E-state index in [2.05, 4.69) is 10.3 Å². The maximum Gasteiger partial charge on any atom is 0.223 e. The Hall–Kier alpha value is -2.41. The van der Waals surface area contributed by atoms with Gasteiger partial charge in [0.1, 0.15) is 5.76 Å². The van der Waals surface area contributed by atoms with E-state index >= 15 is 0 Å². The number of hydrogen-bond donors (Lipinski definition) is 1. The summed E-state index contributed by atoms with van der Waals surface area (Å²) in [5.74, 6) is 2.35. The first-order valence-corrected chi connectivity index (χ1v) is 10.1. The molecule has 2 fully saturated rings. The number of furan rings is 1. The number of hydrogen-bond acceptors (Lipinski definition) is 6. The van der Waals surface area contributed by atoms with Crippen molar-refractivity contribution in [2.24, 2.45) is 5.92 Å². The number of rotatable bonds is 5. The maximum atomic E-state index is 12.6. The summed E-state index contributed by atoms with van der Waals surface area (Å²) in [6.07, 6.45) is 5.66. The molecular formula is C21H26N4O3. The Morgan fingerprint density at radius 3 is 3.07 bits per heavy atom. The van der Waals surface area contributed by atoms with E-state index in [9.17, 15) is 4.79 Å². The van der Waals surface area contributed by atoms with Gasteiger partial charge in [0.25, 0.3) is 0 Å². The van der Waals surface area contributed by atoms with Gasteiger partial charge in [0, 0.05) is 30.8 Å². The van der Waals surface area contributed by atoms with Gasteiger partial charge in [-0.25, -0.2) is 9.97 Å². The minimum atomic E-state index is -0.221. The van der Waals surface area contributed by atoms with E-state index in [0.717, 1.165) is 35.7 Å². The van der Waals surface area contributed by atoms with E-state index in [4.69, 9.17) is 14.1 Å². The molecule has 7 nitrogen and oxygen atoms in total. The Morgan fingerprint density at radius 2 is 2.29 bits per heavy atom. The molecule has 1 amide bonds. The SMILES string of the molecule is Cc1nc(NCc2ccco2)nc2c1COC[C@@]21CCN(C(=O)CC2CC2)C1. The highest BCUT2D eigenvalue weighted by molar-refractivity contribution is 5.77. The van der Waals surface area contributed by atoms with Crippen molar-refractivity contribution >= 4 is 11.9 Å². The first-order chi connectivity index (χ1) is 13.6. The van der Waals surface area contributed by atoms with Crippen LogP contribution >= 0.6 is 0 Å². The molecule has 0 unspecified atom stereocenters. The van der Waals surface area contributed by atoms with Gasteiger partial charge in [0.15, 0.2) is 0 Å². The second kappa shape index (κ2) is 6.88. The monoisotopic (exact) mass is 382 g/mol. The van der Waals surface area contributed by atoms with Crippen LogP contribution in [0.3, 0.4) is 0 Å². The third-order valence-corrected chi connectivity index (χ3v) is 6.21. The molecule has 3 aliphatic rings. The summed E-state index contributed by atoms with van der Waals surface area (Å²) in [5, 5.41) is 3.28. The molecule has 2 aromatic rings. The van der Waals surface area contributed by atoms with Crippen LogP contribution in [0.25, 0.3) is 0 Å². The number of anilines is 1. The van der Waals surface area contributed by atoms with Crippen LogP contribution in [0.5, 0.6) is 0 Å². The van der Waals surface area contributed by atoms with Crippen molar-refractivity contribution in [2.75, 3.05) is 25.0 Å². The Morgan fingerprint density at radius 1 is 1.39 bits per heavy atom. The lowest BCUT2D eigenvalue weighted by Crippen LogP contribution is -2.42. The number of carbonyl (C=O) groups is 1. The Labute approximate surface area is 164 Å². The molecule has 148 valence electrons. The Kier molecular flexibility index (Phi) is 4.34. The standard InChI is InChI=1S/C21H26N4O3/c1-14-17-11-27-13-21(6-7-25(12-21)18(26)9-15-4-5-15)19(17)24-20(23-14)22-10-16-3-2-8-28-16/h2-3,8,15H,4-7,9-13H2,1H3,(H,22,23,24)/t21-/m0/s1. The van der Waals surface area contributed by atoms with Crippen molar-refractivity contribution in [3.63, 3.8) is 0 Å². The predicted molar refractivity (Wildman–Crippen MR) is 103 cm³/mol. The molecule has 0 bridgehead atoms. The van der Waals surface area contributed by atoms with Crippen LogP contribution in [0.2, 0.25) is 0 Å². The Bertz CT molecular complexity index is 878. The summed E-state index contributed by atoms with van der Waals surface area (Å²) in [7, 11) is 0. The molecular weight excluding hydrogens is 356 g/mol. The molecule has 7 heteroatoms. The summed E-state index contributed by atoms with van der Waals surface area (Å²) in [5.41, 5.74) is 2.84. The quantitative estimate of drug-likeness (QED) is 0.857. The van der Waals surface area contributed by atoms with E-state index in [1.165, 1.54) is 12.8 Å². The fraction of sp³-hybridized carbons (Fsp3) is 0.571. The van der Waals surface area contributed by atoms with Crippen LogP contribution in [0.4, 0.5) is 5.95 Å². The molecule has 2 aliphatic heterocycles. The zero-order valence-electron chi connectivity index (χ0n) is 16.2. The highest BCUT2D eigenvalue weighted by atomic mass is 16.5. The smallest absolute Gasteiger partial charge is 0.223 e. The van der Waals surface area contributed by atoms with Crippen LogP contribution in [0.15, 0.2) is 22.8 Å². The summed E-state index contributed by atoms with van der Waals surface area (Å²) in [6.45, 7) is 5.18. The van der Waals surface area contributed by atoms with Crippen molar-refractivity contribution in [3.8, 4) is 0 Å². The molecule has 1 N–H and O–H groups in total. The number of carbonyl (C=O) groups excluding carboxylic acids is 1. The van der Waals surface area contributed by atoms with E-state index in [-0.39, 0.29) is 11.3 Å². The van der Waals surface area contributed by atoms with Crippen molar-refractivity contribution < 1.29 is 13.9 Å². The minimum Gasteiger partial charge on any atom is -0.467 e. The van der Waals surface area contributed by atoms with Gasteiger partial charge >= 0.3 is 0 Å². The van der Waals surface area contributed by atoms with E-state index in [0.29, 0.717) is 44.6 Å². The Balaban J connectivity index is 1.39. The number of ether oxygens (including phenoxy) is 1. The second-order valence-electron chi connectivity index (χ2n) is 8.38. The molecule has 28 heavy (non-hydrogen) atoms. The normalized spacial score (nSPS) is 23.8. The van der Waals surface area contributed by atoms with Gasteiger partial charge in [-0.3, -0.25) is 4.79 Å². The van der Waals surface area contributed by atoms with Crippen LogP contribution < -0.4 is 5.32 Å².